The van der Waals surface area contributed by atoms with Crippen LogP contribution >= 0.6 is 0 Å². The Balaban J connectivity index is 1.11. The molecule has 0 fully saturated rings. The molecule has 4 heteroatoms. The number of amidine groups is 1. The minimum Gasteiger partial charge on any atom is -0.456 e. The van der Waals surface area contributed by atoms with E-state index < -0.39 is 0 Å². The van der Waals surface area contributed by atoms with Crippen LogP contribution in [-0.4, -0.2) is 5.84 Å². The highest BCUT2D eigenvalue weighted by atomic mass is 16.3. The molecule has 2 atom stereocenters. The van der Waals surface area contributed by atoms with Crippen LogP contribution < -0.4 is 10.6 Å². The number of hydrogen-bond donors (Lipinski definition) is 2. The molecule has 0 saturated carbocycles. The Hall–Kier alpha value is -5.97. The smallest absolute Gasteiger partial charge is 0.136 e. The molecule has 224 valence electrons. The number of aliphatic imine (C=N–C) groups is 1. The summed E-state index contributed by atoms with van der Waals surface area (Å²) in [4.78, 5) is 5.30. The van der Waals surface area contributed by atoms with Crippen LogP contribution in [0.15, 0.2) is 173 Å². The van der Waals surface area contributed by atoms with Crippen molar-refractivity contribution in [1.82, 2.24) is 10.6 Å². The summed E-state index contributed by atoms with van der Waals surface area (Å²) in [6.45, 7) is 0. The van der Waals surface area contributed by atoms with Crippen LogP contribution in [0.5, 0.6) is 0 Å². The number of nitrogens with zero attached hydrogens (tertiary/aromatic N) is 1. The molecule has 1 aliphatic rings. The summed E-state index contributed by atoms with van der Waals surface area (Å²) in [6, 6.07) is 57.6. The summed E-state index contributed by atoms with van der Waals surface area (Å²) in [5, 5.41) is 12.2. The van der Waals surface area contributed by atoms with Crippen LogP contribution in [-0.2, 0) is 0 Å². The van der Waals surface area contributed by atoms with E-state index in [2.05, 4.69) is 144 Å². The highest BCUT2D eigenvalue weighted by Crippen LogP contribution is 2.34. The fourth-order valence-corrected chi connectivity index (χ4v) is 6.73. The quantitative estimate of drug-likeness (QED) is 0.205. The van der Waals surface area contributed by atoms with Gasteiger partial charge in [0, 0.05) is 16.3 Å². The summed E-state index contributed by atoms with van der Waals surface area (Å²) >= 11 is 0. The largest absolute Gasteiger partial charge is 0.456 e. The third kappa shape index (κ3) is 5.05. The van der Waals surface area contributed by atoms with Crippen LogP contribution in [0, 0.1) is 0 Å². The van der Waals surface area contributed by atoms with Gasteiger partial charge in [-0.05, 0) is 62.4 Å². The summed E-state index contributed by atoms with van der Waals surface area (Å²) in [5.41, 5.74) is 9.77. The molecule has 0 amide bonds. The van der Waals surface area contributed by atoms with E-state index >= 15 is 0 Å². The maximum Gasteiger partial charge on any atom is 0.136 e. The Morgan fingerprint density at radius 1 is 0.489 bits per heavy atom. The normalized spacial score (nSPS) is 16.3. The average molecular weight is 606 g/mol. The summed E-state index contributed by atoms with van der Waals surface area (Å²) < 4.78 is 6.25. The van der Waals surface area contributed by atoms with Gasteiger partial charge >= 0.3 is 0 Å². The van der Waals surface area contributed by atoms with Crippen molar-refractivity contribution in [3.8, 4) is 22.3 Å². The van der Waals surface area contributed by atoms with Crippen LogP contribution in [0.25, 0.3) is 55.0 Å². The molecular weight excluding hydrogens is 574 g/mol. The number of para-hydroxylation sites is 1. The predicted molar refractivity (Wildman–Crippen MR) is 193 cm³/mol. The number of hydrogen-bond acceptors (Lipinski definition) is 4. The lowest BCUT2D eigenvalue weighted by Crippen LogP contribution is -2.45. The van der Waals surface area contributed by atoms with E-state index in [0.717, 1.165) is 44.5 Å². The van der Waals surface area contributed by atoms with Gasteiger partial charge in [0.25, 0.3) is 0 Å². The Morgan fingerprint density at radius 2 is 1.13 bits per heavy atom. The second-order valence-electron chi connectivity index (χ2n) is 12.1. The van der Waals surface area contributed by atoms with Gasteiger partial charge in [-0.15, -0.1) is 0 Å². The second kappa shape index (κ2) is 11.4. The molecule has 8 aromatic rings. The van der Waals surface area contributed by atoms with Crippen LogP contribution in [0.4, 0.5) is 0 Å². The maximum absolute atomic E-state index is 6.25. The first-order valence-electron chi connectivity index (χ1n) is 16.0. The molecular formula is C43H31N3O. The van der Waals surface area contributed by atoms with Gasteiger partial charge in [-0.3, -0.25) is 5.32 Å². The lowest BCUT2D eigenvalue weighted by Gasteiger charge is -2.32. The van der Waals surface area contributed by atoms with E-state index in [1.54, 1.807) is 0 Å². The van der Waals surface area contributed by atoms with E-state index in [4.69, 9.17) is 9.41 Å². The topological polar surface area (TPSA) is 49.6 Å². The molecule has 0 aliphatic carbocycles. The lowest BCUT2D eigenvalue weighted by atomic mass is 9.99. The average Bonchev–Trinajstić information content (AvgIpc) is 3.54. The van der Waals surface area contributed by atoms with Gasteiger partial charge in [0.15, 0.2) is 0 Å². The zero-order valence-corrected chi connectivity index (χ0v) is 25.6. The van der Waals surface area contributed by atoms with E-state index in [1.165, 1.54) is 33.0 Å². The van der Waals surface area contributed by atoms with E-state index in [1.807, 2.05) is 30.3 Å². The van der Waals surface area contributed by atoms with Gasteiger partial charge in [-0.2, -0.15) is 0 Å². The van der Waals surface area contributed by atoms with E-state index in [0.29, 0.717) is 0 Å². The first-order chi connectivity index (χ1) is 23.3. The SMILES string of the molecule is c1ccc(-c2ccc(C3NC(c4cccc5oc6ccccc6c45)=NC(c4ccc(-c5ccc6ccccc6c5)cc4)N3)cc2)cc1. The summed E-state index contributed by atoms with van der Waals surface area (Å²) in [6.07, 6.45) is -0.421. The van der Waals surface area contributed by atoms with Gasteiger partial charge in [0.2, 0.25) is 0 Å². The highest BCUT2D eigenvalue weighted by Gasteiger charge is 2.27. The third-order valence-electron chi connectivity index (χ3n) is 9.18. The van der Waals surface area contributed by atoms with Crippen LogP contribution in [0.1, 0.15) is 29.0 Å². The van der Waals surface area contributed by atoms with Gasteiger partial charge in [0.05, 0.1) is 0 Å². The second-order valence-corrected chi connectivity index (χ2v) is 12.1. The van der Waals surface area contributed by atoms with E-state index in [-0.39, 0.29) is 12.3 Å². The summed E-state index contributed by atoms with van der Waals surface area (Å²) in [5.74, 6) is 0.835. The molecule has 7 aromatic carbocycles. The molecule has 9 rings (SSSR count). The number of rotatable bonds is 5. The number of nitrogens with one attached hydrogen (secondary N) is 2. The van der Waals surface area contributed by atoms with Gasteiger partial charge in [0.1, 0.15) is 29.3 Å². The van der Waals surface area contributed by atoms with Crippen molar-refractivity contribution >= 4 is 38.5 Å². The maximum atomic E-state index is 6.25. The number of furan rings is 1. The fourth-order valence-electron chi connectivity index (χ4n) is 6.73. The molecule has 0 spiro atoms. The minimum atomic E-state index is -0.260. The molecule has 47 heavy (non-hydrogen) atoms. The zero-order valence-electron chi connectivity index (χ0n) is 25.6. The molecule has 2 heterocycles. The lowest BCUT2D eigenvalue weighted by molar-refractivity contribution is 0.409. The van der Waals surface area contributed by atoms with Gasteiger partial charge in [-0.1, -0.05) is 146 Å². The van der Waals surface area contributed by atoms with Crippen molar-refractivity contribution in [2.45, 2.75) is 12.3 Å². The Labute approximate surface area is 273 Å². The number of benzene rings is 7. The number of fused-ring (bicyclic) bond motifs is 4. The van der Waals surface area contributed by atoms with Gasteiger partial charge < -0.3 is 9.73 Å². The first kappa shape index (κ1) is 27.3. The first-order valence-corrected chi connectivity index (χ1v) is 16.0. The molecule has 2 N–H and O–H groups in total. The highest BCUT2D eigenvalue weighted by molar-refractivity contribution is 6.18. The van der Waals surface area contributed by atoms with Crippen molar-refractivity contribution in [2.24, 2.45) is 4.99 Å². The third-order valence-corrected chi connectivity index (χ3v) is 9.18. The Kier molecular flexibility index (Phi) is 6.65. The predicted octanol–water partition coefficient (Wildman–Crippen LogP) is 10.4. The van der Waals surface area contributed by atoms with Crippen LogP contribution in [0.2, 0.25) is 0 Å². The Bertz CT molecular complexity index is 2410. The molecule has 4 nitrogen and oxygen atoms in total. The zero-order chi connectivity index (χ0) is 31.2. The van der Waals surface area contributed by atoms with E-state index in [9.17, 15) is 0 Å². The van der Waals surface area contributed by atoms with Crippen molar-refractivity contribution in [1.29, 1.82) is 0 Å². The van der Waals surface area contributed by atoms with Crippen LogP contribution in [0.3, 0.4) is 0 Å². The molecule has 0 radical (unpaired) electrons. The minimum absolute atomic E-state index is 0.161. The fraction of sp³-hybridized carbons (Fsp3) is 0.0465. The molecule has 1 aromatic heterocycles. The Morgan fingerprint density at radius 3 is 1.96 bits per heavy atom. The monoisotopic (exact) mass is 605 g/mol. The molecule has 2 unspecified atom stereocenters. The molecule has 1 aliphatic heterocycles. The standard InChI is InChI=1S/C43H31N3O/c1-2-9-28(10-3-1)30-17-22-32(23-18-30)41-44-42(33-24-19-31(20-25-33)35-26-21-29-11-4-5-12-34(29)27-35)46-43(45-41)37-14-8-16-39-40(37)36-13-6-7-15-38(36)47-39/h1-27,41-42,44H,(H,45,46). The summed E-state index contributed by atoms with van der Waals surface area (Å²) in [7, 11) is 0. The molecule has 0 saturated heterocycles. The van der Waals surface area contributed by atoms with Gasteiger partial charge in [-0.25, -0.2) is 4.99 Å². The van der Waals surface area contributed by atoms with Crippen molar-refractivity contribution in [2.75, 3.05) is 0 Å². The van der Waals surface area contributed by atoms with Crippen molar-refractivity contribution in [3.05, 3.63) is 180 Å². The van der Waals surface area contributed by atoms with Crippen molar-refractivity contribution < 1.29 is 4.42 Å². The van der Waals surface area contributed by atoms with Crippen molar-refractivity contribution in [3.63, 3.8) is 0 Å². The molecule has 0 bridgehead atoms.